The first-order valence-electron chi connectivity index (χ1n) is 4.63. The molecule has 5 nitrogen and oxygen atoms in total. The molecule has 1 saturated heterocycles. The number of halogens is 1. The summed E-state index contributed by atoms with van der Waals surface area (Å²) in [6.45, 7) is 2.78. The summed E-state index contributed by atoms with van der Waals surface area (Å²) >= 11 is 1.05. The average molecular weight is 249 g/mol. The SMILES string of the molecule is Cl.O=C(NCC1CCNC1)c1cnsn1. The lowest BCUT2D eigenvalue weighted by molar-refractivity contribution is 0.0944. The fraction of sp³-hybridized carbons (Fsp3) is 0.625. The second-order valence-corrected chi connectivity index (χ2v) is 3.92. The van der Waals surface area contributed by atoms with Gasteiger partial charge in [0.1, 0.15) is 0 Å². The summed E-state index contributed by atoms with van der Waals surface area (Å²) < 4.78 is 7.64. The van der Waals surface area contributed by atoms with E-state index in [-0.39, 0.29) is 18.3 Å². The van der Waals surface area contributed by atoms with Gasteiger partial charge in [-0.25, -0.2) is 0 Å². The van der Waals surface area contributed by atoms with Crippen molar-refractivity contribution in [2.45, 2.75) is 6.42 Å². The molecule has 0 aliphatic carbocycles. The van der Waals surface area contributed by atoms with Crippen molar-refractivity contribution in [3.63, 3.8) is 0 Å². The van der Waals surface area contributed by atoms with Crippen molar-refractivity contribution in [1.82, 2.24) is 19.4 Å². The van der Waals surface area contributed by atoms with Crippen LogP contribution in [0.4, 0.5) is 0 Å². The molecule has 1 aliphatic heterocycles. The number of hydrogen-bond acceptors (Lipinski definition) is 5. The quantitative estimate of drug-likeness (QED) is 0.808. The van der Waals surface area contributed by atoms with Gasteiger partial charge in [-0.2, -0.15) is 8.75 Å². The lowest BCUT2D eigenvalue weighted by Gasteiger charge is -2.08. The number of carbonyl (C=O) groups is 1. The Balaban J connectivity index is 0.00000112. The third-order valence-electron chi connectivity index (χ3n) is 2.31. The molecule has 15 heavy (non-hydrogen) atoms. The molecule has 84 valence electrons. The Morgan fingerprint density at radius 1 is 1.73 bits per heavy atom. The number of rotatable bonds is 3. The zero-order valence-corrected chi connectivity index (χ0v) is 9.74. The van der Waals surface area contributed by atoms with Gasteiger partial charge in [0, 0.05) is 6.54 Å². The largest absolute Gasteiger partial charge is 0.350 e. The van der Waals surface area contributed by atoms with Crippen LogP contribution < -0.4 is 10.6 Å². The lowest BCUT2D eigenvalue weighted by Crippen LogP contribution is -2.30. The highest BCUT2D eigenvalue weighted by Crippen LogP contribution is 2.05. The molecule has 2 rings (SSSR count). The Bertz CT molecular complexity index is 300. The average Bonchev–Trinajstić information content (AvgIpc) is 2.87. The Kier molecular flexibility index (Phi) is 4.93. The van der Waals surface area contributed by atoms with Crippen LogP contribution in [0.3, 0.4) is 0 Å². The zero-order chi connectivity index (χ0) is 9.80. The van der Waals surface area contributed by atoms with E-state index in [4.69, 9.17) is 0 Å². The number of nitrogens with zero attached hydrogens (tertiary/aromatic N) is 2. The topological polar surface area (TPSA) is 66.9 Å². The molecule has 2 N–H and O–H groups in total. The number of amides is 1. The van der Waals surface area contributed by atoms with E-state index in [0.29, 0.717) is 11.6 Å². The lowest BCUT2D eigenvalue weighted by atomic mass is 10.1. The molecule has 1 aliphatic rings. The van der Waals surface area contributed by atoms with Gasteiger partial charge in [0.2, 0.25) is 0 Å². The first kappa shape index (κ1) is 12.4. The molecule has 1 aromatic heterocycles. The van der Waals surface area contributed by atoms with Gasteiger partial charge in [0.25, 0.3) is 5.91 Å². The molecular weight excluding hydrogens is 236 g/mol. The summed E-state index contributed by atoms with van der Waals surface area (Å²) in [5.41, 5.74) is 0.418. The number of carbonyl (C=O) groups excluding carboxylic acids is 1. The molecule has 2 heterocycles. The smallest absolute Gasteiger partial charge is 0.272 e. The molecule has 1 atom stereocenters. The highest BCUT2D eigenvalue weighted by atomic mass is 35.5. The Morgan fingerprint density at radius 3 is 3.20 bits per heavy atom. The van der Waals surface area contributed by atoms with E-state index < -0.39 is 0 Å². The van der Waals surface area contributed by atoms with E-state index in [0.717, 1.165) is 37.8 Å². The van der Waals surface area contributed by atoms with Gasteiger partial charge >= 0.3 is 0 Å². The van der Waals surface area contributed by atoms with E-state index in [2.05, 4.69) is 19.4 Å². The minimum Gasteiger partial charge on any atom is -0.350 e. The molecule has 0 spiro atoms. The summed E-state index contributed by atoms with van der Waals surface area (Å²) in [5, 5.41) is 6.11. The maximum absolute atomic E-state index is 11.4. The van der Waals surface area contributed by atoms with Gasteiger partial charge in [0.05, 0.1) is 17.9 Å². The second kappa shape index (κ2) is 5.99. The van der Waals surface area contributed by atoms with E-state index in [1.54, 1.807) is 0 Å². The van der Waals surface area contributed by atoms with E-state index in [1.807, 2.05) is 0 Å². The molecular formula is C8H13ClN4OS. The van der Waals surface area contributed by atoms with Crippen LogP contribution in [-0.2, 0) is 0 Å². The summed E-state index contributed by atoms with van der Waals surface area (Å²) in [7, 11) is 0. The van der Waals surface area contributed by atoms with Gasteiger partial charge in [-0.3, -0.25) is 4.79 Å². The van der Waals surface area contributed by atoms with Crippen molar-refractivity contribution in [2.24, 2.45) is 5.92 Å². The third kappa shape index (κ3) is 3.40. The molecule has 1 aromatic rings. The van der Waals surface area contributed by atoms with Crippen molar-refractivity contribution >= 4 is 30.0 Å². The van der Waals surface area contributed by atoms with Crippen LogP contribution in [0.5, 0.6) is 0 Å². The van der Waals surface area contributed by atoms with Crippen LogP contribution in [0.15, 0.2) is 6.20 Å². The first-order valence-corrected chi connectivity index (χ1v) is 5.36. The second-order valence-electron chi connectivity index (χ2n) is 3.36. The summed E-state index contributed by atoms with van der Waals surface area (Å²) in [6.07, 6.45) is 2.63. The Hall–Kier alpha value is -0.720. The van der Waals surface area contributed by atoms with Crippen molar-refractivity contribution in [3.05, 3.63) is 11.9 Å². The summed E-state index contributed by atoms with van der Waals surface area (Å²) in [6, 6.07) is 0. The van der Waals surface area contributed by atoms with Crippen molar-refractivity contribution < 1.29 is 4.79 Å². The molecule has 1 unspecified atom stereocenters. The Labute approximate surface area is 98.4 Å². The van der Waals surface area contributed by atoms with Crippen molar-refractivity contribution in [3.8, 4) is 0 Å². The molecule has 0 aromatic carbocycles. The predicted octanol–water partition coefficient (Wildman–Crippen LogP) is 0.299. The van der Waals surface area contributed by atoms with Gasteiger partial charge < -0.3 is 10.6 Å². The third-order valence-corrected chi connectivity index (χ3v) is 2.79. The highest BCUT2D eigenvalue weighted by molar-refractivity contribution is 6.99. The fourth-order valence-electron chi connectivity index (χ4n) is 1.48. The van der Waals surface area contributed by atoms with Crippen LogP contribution >= 0.6 is 24.1 Å². The highest BCUT2D eigenvalue weighted by Gasteiger charge is 2.16. The van der Waals surface area contributed by atoms with Gasteiger partial charge in [-0.15, -0.1) is 12.4 Å². The summed E-state index contributed by atoms with van der Waals surface area (Å²) in [4.78, 5) is 11.4. The number of aromatic nitrogens is 2. The Morgan fingerprint density at radius 2 is 2.60 bits per heavy atom. The van der Waals surface area contributed by atoms with Gasteiger partial charge in [-0.05, 0) is 25.4 Å². The standard InChI is InChI=1S/C8H12N4OS.ClH/c13-8(7-5-11-14-12-7)10-4-6-1-2-9-3-6;/h5-6,9H,1-4H2,(H,10,13);1H. The van der Waals surface area contributed by atoms with Crippen LogP contribution in [0.25, 0.3) is 0 Å². The first-order chi connectivity index (χ1) is 6.86. The van der Waals surface area contributed by atoms with Crippen molar-refractivity contribution in [2.75, 3.05) is 19.6 Å². The molecule has 7 heteroatoms. The molecule has 1 fully saturated rings. The van der Waals surface area contributed by atoms with Crippen LogP contribution in [0.2, 0.25) is 0 Å². The minimum atomic E-state index is -0.120. The molecule has 0 bridgehead atoms. The van der Waals surface area contributed by atoms with E-state index >= 15 is 0 Å². The normalized spacial score (nSPS) is 19.6. The van der Waals surface area contributed by atoms with Gasteiger partial charge in [0.15, 0.2) is 5.69 Å². The van der Waals surface area contributed by atoms with E-state index in [1.165, 1.54) is 6.20 Å². The van der Waals surface area contributed by atoms with Crippen LogP contribution in [0.1, 0.15) is 16.9 Å². The van der Waals surface area contributed by atoms with Crippen LogP contribution in [0, 0.1) is 5.92 Å². The summed E-state index contributed by atoms with van der Waals surface area (Å²) in [5.74, 6) is 0.441. The molecule has 0 radical (unpaired) electrons. The maximum Gasteiger partial charge on any atom is 0.272 e. The van der Waals surface area contributed by atoms with Crippen molar-refractivity contribution in [1.29, 1.82) is 0 Å². The maximum atomic E-state index is 11.4. The van der Waals surface area contributed by atoms with Gasteiger partial charge in [-0.1, -0.05) is 0 Å². The zero-order valence-electron chi connectivity index (χ0n) is 8.10. The monoisotopic (exact) mass is 248 g/mol. The van der Waals surface area contributed by atoms with E-state index in [9.17, 15) is 4.79 Å². The minimum absolute atomic E-state index is 0. The molecule has 0 saturated carbocycles. The van der Waals surface area contributed by atoms with Crippen LogP contribution in [-0.4, -0.2) is 34.3 Å². The number of hydrogen-bond donors (Lipinski definition) is 2. The number of nitrogens with one attached hydrogen (secondary N) is 2. The molecule has 1 amide bonds. The predicted molar refractivity (Wildman–Crippen MR) is 60.5 cm³/mol. The fourth-order valence-corrected chi connectivity index (χ4v) is 1.89.